The summed E-state index contributed by atoms with van der Waals surface area (Å²) in [5, 5.41) is 0. The molecule has 0 aliphatic carbocycles. The van der Waals surface area contributed by atoms with Crippen LogP contribution in [-0.4, -0.2) is 39.0 Å². The van der Waals surface area contributed by atoms with Crippen molar-refractivity contribution in [1.29, 1.82) is 0 Å². The molecule has 0 amide bonds. The second kappa shape index (κ2) is 8.24. The Morgan fingerprint density at radius 1 is 1.43 bits per heavy atom. The first kappa shape index (κ1) is 18.6. The normalized spacial score (nSPS) is 13.6. The molecule has 120 valence electrons. The maximum absolute atomic E-state index is 12.9. The van der Waals surface area contributed by atoms with Gasteiger partial charge in [-0.05, 0) is 47.0 Å². The van der Waals surface area contributed by atoms with Crippen LogP contribution in [-0.2, 0) is 21.3 Å². The van der Waals surface area contributed by atoms with Gasteiger partial charge in [0.05, 0.1) is 11.5 Å². The van der Waals surface area contributed by atoms with E-state index in [1.807, 2.05) is 19.9 Å². The van der Waals surface area contributed by atoms with E-state index in [1.165, 1.54) is 4.31 Å². The average molecular weight is 379 g/mol. The van der Waals surface area contributed by atoms with Crippen LogP contribution in [0.4, 0.5) is 0 Å². The number of methoxy groups -OCH3 is 1. The lowest BCUT2D eigenvalue weighted by atomic mass is 10.2. The van der Waals surface area contributed by atoms with E-state index in [4.69, 9.17) is 10.5 Å². The van der Waals surface area contributed by atoms with Crippen LogP contribution in [0.3, 0.4) is 0 Å². The highest BCUT2D eigenvalue weighted by molar-refractivity contribution is 9.10. The number of halogens is 1. The largest absolute Gasteiger partial charge is 0.383 e. The van der Waals surface area contributed by atoms with Crippen LogP contribution in [0.1, 0.15) is 25.8 Å². The first-order valence-corrected chi connectivity index (χ1v) is 9.11. The fourth-order valence-corrected chi connectivity index (χ4v) is 4.63. The van der Waals surface area contributed by atoms with Crippen molar-refractivity contribution in [3.05, 3.63) is 28.2 Å². The van der Waals surface area contributed by atoms with Crippen LogP contribution in [0, 0.1) is 0 Å². The Balaban J connectivity index is 3.27. The van der Waals surface area contributed by atoms with Crippen LogP contribution >= 0.6 is 15.9 Å². The standard InChI is InChI=1S/C14H23BrN2O3S/c1-4-11(2)17(7-8-20-3)21(18,19)14-9-12(10-16)5-6-13(14)15/h5-6,9,11H,4,7-8,10,16H2,1-3H3. The van der Waals surface area contributed by atoms with Gasteiger partial charge in [-0.2, -0.15) is 4.31 Å². The van der Waals surface area contributed by atoms with E-state index in [0.29, 0.717) is 24.2 Å². The van der Waals surface area contributed by atoms with Gasteiger partial charge in [-0.15, -0.1) is 0 Å². The molecule has 0 heterocycles. The molecule has 0 fully saturated rings. The summed E-state index contributed by atoms with van der Waals surface area (Å²) in [6.45, 7) is 4.85. The molecule has 0 saturated carbocycles. The second-order valence-electron chi connectivity index (χ2n) is 4.83. The van der Waals surface area contributed by atoms with Crippen molar-refractivity contribution in [2.75, 3.05) is 20.3 Å². The van der Waals surface area contributed by atoms with Crippen molar-refractivity contribution >= 4 is 26.0 Å². The number of hydrogen-bond donors (Lipinski definition) is 1. The molecule has 7 heteroatoms. The molecule has 5 nitrogen and oxygen atoms in total. The number of nitrogens with two attached hydrogens (primary N) is 1. The zero-order valence-corrected chi connectivity index (χ0v) is 15.1. The molecular formula is C14H23BrN2O3S. The lowest BCUT2D eigenvalue weighted by Gasteiger charge is -2.28. The Kier molecular flexibility index (Phi) is 7.29. The third-order valence-corrected chi connectivity index (χ3v) is 6.42. The van der Waals surface area contributed by atoms with Crippen LogP contribution in [0.5, 0.6) is 0 Å². The summed E-state index contributed by atoms with van der Waals surface area (Å²) in [6, 6.07) is 5.06. The smallest absolute Gasteiger partial charge is 0.244 e. The molecule has 0 saturated heterocycles. The summed E-state index contributed by atoms with van der Waals surface area (Å²) >= 11 is 3.33. The molecule has 1 unspecified atom stereocenters. The summed E-state index contributed by atoms with van der Waals surface area (Å²) in [5.41, 5.74) is 6.40. The zero-order valence-electron chi connectivity index (χ0n) is 12.7. The number of benzene rings is 1. The van der Waals surface area contributed by atoms with E-state index < -0.39 is 10.0 Å². The Morgan fingerprint density at radius 2 is 2.10 bits per heavy atom. The second-order valence-corrected chi connectivity index (χ2v) is 7.55. The fraction of sp³-hybridized carbons (Fsp3) is 0.571. The molecular weight excluding hydrogens is 356 g/mol. The number of nitrogens with zero attached hydrogens (tertiary/aromatic N) is 1. The van der Waals surface area contributed by atoms with Gasteiger partial charge in [0.2, 0.25) is 10.0 Å². The van der Waals surface area contributed by atoms with Gasteiger partial charge >= 0.3 is 0 Å². The molecule has 1 aromatic carbocycles. The van der Waals surface area contributed by atoms with Crippen LogP contribution in [0.2, 0.25) is 0 Å². The lowest BCUT2D eigenvalue weighted by Crippen LogP contribution is -2.40. The average Bonchev–Trinajstić information content (AvgIpc) is 2.47. The van der Waals surface area contributed by atoms with Gasteiger partial charge in [-0.25, -0.2) is 8.42 Å². The van der Waals surface area contributed by atoms with E-state index in [0.717, 1.165) is 12.0 Å². The van der Waals surface area contributed by atoms with E-state index in [-0.39, 0.29) is 10.9 Å². The predicted molar refractivity (Wildman–Crippen MR) is 87.6 cm³/mol. The summed E-state index contributed by atoms with van der Waals surface area (Å²) in [4.78, 5) is 0.252. The minimum Gasteiger partial charge on any atom is -0.383 e. The van der Waals surface area contributed by atoms with Gasteiger partial charge in [-0.1, -0.05) is 13.0 Å². The molecule has 0 bridgehead atoms. The third kappa shape index (κ3) is 4.50. The molecule has 0 spiro atoms. The Labute approximate surface area is 135 Å². The highest BCUT2D eigenvalue weighted by Crippen LogP contribution is 2.27. The Bertz CT molecular complexity index is 563. The van der Waals surface area contributed by atoms with Crippen LogP contribution in [0.15, 0.2) is 27.6 Å². The first-order chi connectivity index (χ1) is 9.88. The van der Waals surface area contributed by atoms with E-state index >= 15 is 0 Å². The monoisotopic (exact) mass is 378 g/mol. The number of sulfonamides is 1. The third-order valence-electron chi connectivity index (χ3n) is 3.42. The van der Waals surface area contributed by atoms with Gasteiger partial charge < -0.3 is 10.5 Å². The van der Waals surface area contributed by atoms with Gasteiger partial charge in [0.15, 0.2) is 0 Å². The summed E-state index contributed by atoms with van der Waals surface area (Å²) < 4.78 is 32.9. The maximum Gasteiger partial charge on any atom is 0.244 e. The lowest BCUT2D eigenvalue weighted by molar-refractivity contribution is 0.167. The van der Waals surface area contributed by atoms with E-state index in [1.54, 1.807) is 19.2 Å². The first-order valence-electron chi connectivity index (χ1n) is 6.87. The van der Waals surface area contributed by atoms with E-state index in [2.05, 4.69) is 15.9 Å². The summed E-state index contributed by atoms with van der Waals surface area (Å²) in [6.07, 6.45) is 0.733. The molecule has 1 aromatic rings. The van der Waals surface area contributed by atoms with Crippen molar-refractivity contribution in [2.24, 2.45) is 5.73 Å². The predicted octanol–water partition coefficient (Wildman–Crippen LogP) is 2.34. The van der Waals surface area contributed by atoms with Gasteiger partial charge in [0.25, 0.3) is 0 Å². The highest BCUT2D eigenvalue weighted by atomic mass is 79.9. The number of rotatable bonds is 8. The van der Waals surface area contributed by atoms with Crippen molar-refractivity contribution in [2.45, 2.75) is 37.8 Å². The Morgan fingerprint density at radius 3 is 2.62 bits per heavy atom. The van der Waals surface area contributed by atoms with Crippen LogP contribution < -0.4 is 5.73 Å². The Hall–Kier alpha value is -0.470. The molecule has 0 aliphatic heterocycles. The SMILES string of the molecule is CCC(C)N(CCOC)S(=O)(=O)c1cc(CN)ccc1Br. The van der Waals surface area contributed by atoms with Crippen molar-refractivity contribution < 1.29 is 13.2 Å². The number of ether oxygens (including phenoxy) is 1. The van der Waals surface area contributed by atoms with Crippen molar-refractivity contribution in [1.82, 2.24) is 4.31 Å². The molecule has 0 aliphatic rings. The topological polar surface area (TPSA) is 72.6 Å². The van der Waals surface area contributed by atoms with Gasteiger partial charge in [-0.3, -0.25) is 0 Å². The maximum atomic E-state index is 12.9. The molecule has 2 N–H and O–H groups in total. The highest BCUT2D eigenvalue weighted by Gasteiger charge is 2.29. The van der Waals surface area contributed by atoms with E-state index in [9.17, 15) is 8.42 Å². The molecule has 1 rings (SSSR count). The number of hydrogen-bond acceptors (Lipinski definition) is 4. The molecule has 21 heavy (non-hydrogen) atoms. The molecule has 0 aromatic heterocycles. The van der Waals surface area contributed by atoms with Gasteiger partial charge in [0, 0.05) is 30.7 Å². The van der Waals surface area contributed by atoms with Crippen molar-refractivity contribution in [3.63, 3.8) is 0 Å². The fourth-order valence-electron chi connectivity index (χ4n) is 1.96. The molecule has 1 atom stereocenters. The van der Waals surface area contributed by atoms with Crippen LogP contribution in [0.25, 0.3) is 0 Å². The van der Waals surface area contributed by atoms with Gasteiger partial charge in [0.1, 0.15) is 0 Å². The minimum absolute atomic E-state index is 0.0985. The van der Waals surface area contributed by atoms with Crippen molar-refractivity contribution in [3.8, 4) is 0 Å². The quantitative estimate of drug-likeness (QED) is 0.753. The molecule has 0 radical (unpaired) electrons. The summed E-state index contributed by atoms with van der Waals surface area (Å²) in [5.74, 6) is 0. The minimum atomic E-state index is -3.60. The summed E-state index contributed by atoms with van der Waals surface area (Å²) in [7, 11) is -2.04. The zero-order chi connectivity index (χ0) is 16.0.